The molecular weight excluding hydrogens is 484 g/mol. The molecule has 0 atom stereocenters. The van der Waals surface area contributed by atoms with Gasteiger partial charge < -0.3 is 14.8 Å². The van der Waals surface area contributed by atoms with E-state index in [0.29, 0.717) is 25.7 Å². The van der Waals surface area contributed by atoms with E-state index in [2.05, 4.69) is 46.7 Å². The van der Waals surface area contributed by atoms with Crippen LogP contribution in [0.5, 0.6) is 5.75 Å². The molecule has 0 aliphatic heterocycles. The van der Waals surface area contributed by atoms with E-state index in [-0.39, 0.29) is 11.5 Å². The van der Waals surface area contributed by atoms with E-state index in [4.69, 9.17) is 21.1 Å². The van der Waals surface area contributed by atoms with E-state index in [1.807, 2.05) is 31.5 Å². The highest BCUT2D eigenvalue weighted by atomic mass is 35.5. The predicted molar refractivity (Wildman–Crippen MR) is 147 cm³/mol. The zero-order chi connectivity index (χ0) is 25.7. The number of halogens is 1. The lowest BCUT2D eigenvalue weighted by atomic mass is 9.94. The van der Waals surface area contributed by atoms with Gasteiger partial charge in [0.25, 0.3) is 0 Å². The Morgan fingerprint density at radius 3 is 2.73 bits per heavy atom. The van der Waals surface area contributed by atoms with E-state index in [9.17, 15) is 4.79 Å². The van der Waals surface area contributed by atoms with Crippen LogP contribution in [0.15, 0.2) is 60.9 Å². The molecule has 1 heterocycles. The highest BCUT2D eigenvalue weighted by molar-refractivity contribution is 6.31. The summed E-state index contributed by atoms with van der Waals surface area (Å²) in [5.74, 6) is 0.835. The number of esters is 1. The second-order valence-electron chi connectivity index (χ2n) is 10.1. The number of nitrogens with one attached hydrogen (secondary N) is 1. The number of pyridine rings is 1. The second kappa shape index (κ2) is 11.7. The van der Waals surface area contributed by atoms with Crippen molar-refractivity contribution in [3.8, 4) is 16.9 Å². The van der Waals surface area contributed by atoms with Gasteiger partial charge in [0.05, 0.1) is 12.7 Å². The van der Waals surface area contributed by atoms with Gasteiger partial charge in [-0.05, 0) is 92.3 Å². The van der Waals surface area contributed by atoms with Gasteiger partial charge in [0.1, 0.15) is 5.75 Å². The molecule has 1 N–H and O–H groups in total. The molecule has 0 unspecified atom stereocenters. The van der Waals surface area contributed by atoms with Crippen molar-refractivity contribution in [1.29, 1.82) is 0 Å². The molecule has 2 aromatic carbocycles. The number of aromatic nitrogens is 1. The van der Waals surface area contributed by atoms with Crippen molar-refractivity contribution in [3.05, 3.63) is 82.6 Å². The van der Waals surface area contributed by atoms with Gasteiger partial charge in [-0.15, -0.1) is 0 Å². The van der Waals surface area contributed by atoms with E-state index < -0.39 is 0 Å². The maximum absolute atomic E-state index is 11.6. The lowest BCUT2D eigenvalue weighted by molar-refractivity contribution is -0.143. The van der Waals surface area contributed by atoms with E-state index in [0.717, 1.165) is 66.8 Å². The van der Waals surface area contributed by atoms with Crippen LogP contribution in [-0.2, 0) is 28.0 Å². The van der Waals surface area contributed by atoms with Crippen LogP contribution in [0.4, 0.5) is 0 Å². The van der Waals surface area contributed by atoms with Crippen molar-refractivity contribution in [2.24, 2.45) is 0 Å². The summed E-state index contributed by atoms with van der Waals surface area (Å²) < 4.78 is 11.3. The van der Waals surface area contributed by atoms with Gasteiger partial charge in [-0.3, -0.25) is 9.78 Å². The van der Waals surface area contributed by atoms with Crippen molar-refractivity contribution in [2.75, 3.05) is 6.61 Å². The number of hydrogen-bond donors (Lipinski definition) is 1. The van der Waals surface area contributed by atoms with Crippen LogP contribution in [0.2, 0.25) is 5.02 Å². The highest BCUT2D eigenvalue weighted by Gasteiger charge is 2.45. The summed E-state index contributed by atoms with van der Waals surface area (Å²) in [6.07, 6.45) is 11.8. The van der Waals surface area contributed by atoms with Crippen molar-refractivity contribution in [3.63, 3.8) is 0 Å². The Kier molecular flexibility index (Phi) is 8.11. The van der Waals surface area contributed by atoms with E-state index in [1.165, 1.54) is 16.7 Å². The van der Waals surface area contributed by atoms with Crippen LogP contribution in [0.3, 0.4) is 0 Å². The fourth-order valence-electron chi connectivity index (χ4n) is 4.85. The Balaban J connectivity index is 1.27. The average molecular weight is 519 g/mol. The second-order valence-corrected chi connectivity index (χ2v) is 10.5. The third kappa shape index (κ3) is 6.52. The molecular formula is C31H35ClN2O3. The molecule has 0 saturated heterocycles. The van der Waals surface area contributed by atoms with E-state index >= 15 is 0 Å². The van der Waals surface area contributed by atoms with Crippen molar-refractivity contribution in [2.45, 2.75) is 76.5 Å². The molecule has 5 rings (SSSR count). The third-order valence-corrected chi connectivity index (χ3v) is 7.58. The Bertz CT molecular complexity index is 1240. The molecule has 194 valence electrons. The first kappa shape index (κ1) is 25.7. The fraction of sp³-hybridized carbons (Fsp3) is 0.419. The zero-order valence-corrected chi connectivity index (χ0v) is 22.2. The molecule has 0 spiro atoms. The van der Waals surface area contributed by atoms with Crippen molar-refractivity contribution in [1.82, 2.24) is 10.3 Å². The maximum atomic E-state index is 11.6. The summed E-state index contributed by atoms with van der Waals surface area (Å²) in [7, 11) is 0. The Hall–Kier alpha value is -2.89. The van der Waals surface area contributed by atoms with Gasteiger partial charge in [-0.25, -0.2) is 0 Å². The molecule has 2 aliphatic carbocycles. The standard InChI is InChI=1S/C31H35ClN2O3/c1-2-36-30(35)10-6-3-7-22-11-14-28(32)23(19-22)20-34-31(16-17-31)27-21-33-18-15-25(27)26-8-4-5-9-29(26)37-24-12-13-24/h4-5,8-9,11,14-15,18-19,21,24,34H,2-3,6-7,10,12-13,16-17,20H2,1H3. The van der Waals surface area contributed by atoms with Gasteiger partial charge in [-0.2, -0.15) is 0 Å². The average Bonchev–Trinajstić information content (AvgIpc) is 3.85. The molecule has 37 heavy (non-hydrogen) atoms. The zero-order valence-electron chi connectivity index (χ0n) is 21.5. The fourth-order valence-corrected chi connectivity index (χ4v) is 5.03. The molecule has 6 heteroatoms. The molecule has 1 aromatic heterocycles. The van der Waals surface area contributed by atoms with Gasteiger partial charge in [0, 0.05) is 41.5 Å². The minimum Gasteiger partial charge on any atom is -0.490 e. The smallest absolute Gasteiger partial charge is 0.305 e. The number of rotatable bonds is 13. The Morgan fingerprint density at radius 2 is 1.95 bits per heavy atom. The van der Waals surface area contributed by atoms with Gasteiger partial charge in [0.2, 0.25) is 0 Å². The SMILES string of the molecule is CCOC(=O)CCCCc1ccc(Cl)c(CNC2(c3cnccc3-c3ccccc3OC3CC3)CC2)c1. The minimum atomic E-state index is -0.116. The number of carbonyl (C=O) groups excluding carboxylic acids is 1. The first-order valence-electron chi connectivity index (χ1n) is 13.5. The minimum absolute atomic E-state index is 0.116. The van der Waals surface area contributed by atoms with Crippen LogP contribution >= 0.6 is 11.6 Å². The molecule has 0 amide bonds. The van der Waals surface area contributed by atoms with Crippen molar-refractivity contribution < 1.29 is 14.3 Å². The van der Waals surface area contributed by atoms with Gasteiger partial charge >= 0.3 is 5.97 Å². The lowest BCUT2D eigenvalue weighted by Gasteiger charge is -2.23. The predicted octanol–water partition coefficient (Wildman–Crippen LogP) is 7.00. The number of carbonyl (C=O) groups is 1. The number of unbranched alkanes of at least 4 members (excludes halogenated alkanes) is 1. The van der Waals surface area contributed by atoms with Crippen LogP contribution in [-0.4, -0.2) is 23.7 Å². The number of nitrogens with zero attached hydrogens (tertiary/aromatic N) is 1. The monoisotopic (exact) mass is 518 g/mol. The first-order valence-corrected chi connectivity index (χ1v) is 13.8. The number of aryl methyl sites for hydroxylation is 1. The summed E-state index contributed by atoms with van der Waals surface area (Å²) in [5.41, 5.74) is 5.74. The molecule has 5 nitrogen and oxygen atoms in total. The molecule has 0 bridgehead atoms. The summed E-state index contributed by atoms with van der Waals surface area (Å²) in [4.78, 5) is 16.1. The highest BCUT2D eigenvalue weighted by Crippen LogP contribution is 2.50. The largest absolute Gasteiger partial charge is 0.490 e. The maximum Gasteiger partial charge on any atom is 0.305 e. The molecule has 3 aromatic rings. The summed E-state index contributed by atoms with van der Waals surface area (Å²) in [6, 6.07) is 16.7. The van der Waals surface area contributed by atoms with Crippen LogP contribution in [0.1, 0.15) is 68.6 Å². The Morgan fingerprint density at radius 1 is 1.11 bits per heavy atom. The lowest BCUT2D eigenvalue weighted by Crippen LogP contribution is -2.29. The summed E-state index contributed by atoms with van der Waals surface area (Å²) in [6.45, 7) is 2.96. The van der Waals surface area contributed by atoms with Gasteiger partial charge in [0.15, 0.2) is 0 Å². The molecule has 2 saturated carbocycles. The molecule has 0 radical (unpaired) electrons. The number of hydrogen-bond acceptors (Lipinski definition) is 5. The number of benzene rings is 2. The normalized spacial score (nSPS) is 15.8. The molecule has 2 fully saturated rings. The Labute approximate surface area is 224 Å². The quantitative estimate of drug-likeness (QED) is 0.195. The topological polar surface area (TPSA) is 60.5 Å². The van der Waals surface area contributed by atoms with Crippen LogP contribution in [0, 0.1) is 0 Å². The van der Waals surface area contributed by atoms with Crippen LogP contribution in [0.25, 0.3) is 11.1 Å². The third-order valence-electron chi connectivity index (χ3n) is 7.21. The first-order chi connectivity index (χ1) is 18.1. The van der Waals surface area contributed by atoms with Gasteiger partial charge in [-0.1, -0.05) is 41.9 Å². The van der Waals surface area contributed by atoms with E-state index in [1.54, 1.807) is 0 Å². The summed E-state index contributed by atoms with van der Waals surface area (Å²) in [5, 5.41) is 4.59. The number of para-hydroxylation sites is 1. The summed E-state index contributed by atoms with van der Waals surface area (Å²) >= 11 is 6.60. The van der Waals surface area contributed by atoms with Crippen molar-refractivity contribution >= 4 is 17.6 Å². The van der Waals surface area contributed by atoms with Crippen LogP contribution < -0.4 is 10.1 Å². The molecule has 2 aliphatic rings. The number of ether oxygens (including phenoxy) is 2.